The first kappa shape index (κ1) is 15.1. The lowest BCUT2D eigenvalue weighted by Crippen LogP contribution is -2.46. The second-order valence-electron chi connectivity index (χ2n) is 4.70. The first-order chi connectivity index (χ1) is 9.58. The molecule has 0 radical (unpaired) electrons. The summed E-state index contributed by atoms with van der Waals surface area (Å²) in [4.78, 5) is 13.9. The number of amides is 1. The number of aliphatic hydroxyl groups is 1. The number of carbonyl (C=O) groups excluding carboxylic acids is 1. The van der Waals surface area contributed by atoms with E-state index in [-0.39, 0.29) is 25.2 Å². The molecular weight excluding hydrogens is 282 g/mol. The van der Waals surface area contributed by atoms with Gasteiger partial charge in [-0.15, -0.1) is 0 Å². The molecule has 0 spiro atoms. The summed E-state index contributed by atoms with van der Waals surface area (Å²) in [6, 6.07) is 4.94. The maximum absolute atomic E-state index is 12.0. The standard InChI is InChI=1S/C13H18ClN3O3/c14-11-2-1-9(15)5-12(11)16-13(19)7-17-3-4-20-10(6-17)8-18/h1-2,5,10,18H,3-4,6-8,15H2,(H,16,19). The molecule has 1 saturated heterocycles. The molecule has 1 aromatic rings. The summed E-state index contributed by atoms with van der Waals surface area (Å²) in [6.45, 7) is 1.89. The number of halogens is 1. The highest BCUT2D eigenvalue weighted by atomic mass is 35.5. The number of aliphatic hydroxyl groups excluding tert-OH is 1. The van der Waals surface area contributed by atoms with Gasteiger partial charge in [-0.1, -0.05) is 11.6 Å². The van der Waals surface area contributed by atoms with Crippen molar-refractivity contribution in [2.45, 2.75) is 6.10 Å². The quantitative estimate of drug-likeness (QED) is 0.707. The molecule has 1 aliphatic heterocycles. The highest BCUT2D eigenvalue weighted by molar-refractivity contribution is 6.33. The minimum atomic E-state index is -0.229. The van der Waals surface area contributed by atoms with Gasteiger partial charge in [-0.05, 0) is 18.2 Å². The smallest absolute Gasteiger partial charge is 0.238 e. The maximum Gasteiger partial charge on any atom is 0.238 e. The van der Waals surface area contributed by atoms with Crippen LogP contribution in [0.5, 0.6) is 0 Å². The normalized spacial score (nSPS) is 19.8. The molecule has 4 N–H and O–H groups in total. The Balaban J connectivity index is 1.90. The average Bonchev–Trinajstić information content (AvgIpc) is 2.43. The molecule has 0 aliphatic carbocycles. The molecule has 1 unspecified atom stereocenters. The number of anilines is 2. The van der Waals surface area contributed by atoms with Crippen molar-refractivity contribution in [3.63, 3.8) is 0 Å². The Labute approximate surface area is 122 Å². The van der Waals surface area contributed by atoms with Crippen molar-refractivity contribution in [2.24, 2.45) is 0 Å². The van der Waals surface area contributed by atoms with Crippen molar-refractivity contribution in [1.82, 2.24) is 4.90 Å². The zero-order valence-corrected chi connectivity index (χ0v) is 11.8. The average molecular weight is 300 g/mol. The van der Waals surface area contributed by atoms with Gasteiger partial charge in [-0.2, -0.15) is 0 Å². The Morgan fingerprint density at radius 2 is 2.40 bits per heavy atom. The van der Waals surface area contributed by atoms with Gasteiger partial charge < -0.3 is 20.9 Å². The molecule has 20 heavy (non-hydrogen) atoms. The van der Waals surface area contributed by atoms with E-state index in [0.717, 1.165) is 0 Å². The predicted molar refractivity (Wildman–Crippen MR) is 77.8 cm³/mol. The molecule has 1 aromatic carbocycles. The van der Waals surface area contributed by atoms with E-state index in [9.17, 15) is 4.79 Å². The third kappa shape index (κ3) is 4.08. The van der Waals surface area contributed by atoms with Crippen LogP contribution in [0.2, 0.25) is 5.02 Å². The van der Waals surface area contributed by atoms with Crippen molar-refractivity contribution < 1.29 is 14.6 Å². The molecule has 1 aliphatic rings. The second kappa shape index (κ2) is 6.90. The van der Waals surface area contributed by atoms with Crippen LogP contribution in [0, 0.1) is 0 Å². The molecule has 2 rings (SSSR count). The van der Waals surface area contributed by atoms with E-state index in [1.807, 2.05) is 4.90 Å². The van der Waals surface area contributed by atoms with Gasteiger partial charge in [-0.3, -0.25) is 9.69 Å². The fraction of sp³-hybridized carbons (Fsp3) is 0.462. The summed E-state index contributed by atoms with van der Waals surface area (Å²) in [5.41, 5.74) is 6.70. The molecule has 0 bridgehead atoms. The first-order valence-corrected chi connectivity index (χ1v) is 6.76. The molecule has 6 nitrogen and oxygen atoms in total. The van der Waals surface area contributed by atoms with Crippen molar-refractivity contribution in [1.29, 1.82) is 0 Å². The summed E-state index contributed by atoms with van der Waals surface area (Å²) in [6.07, 6.45) is -0.229. The molecule has 110 valence electrons. The van der Waals surface area contributed by atoms with Crippen molar-refractivity contribution in [3.8, 4) is 0 Å². The van der Waals surface area contributed by atoms with Gasteiger partial charge in [0.2, 0.25) is 5.91 Å². The Morgan fingerprint density at radius 3 is 3.15 bits per heavy atom. The zero-order chi connectivity index (χ0) is 14.5. The fourth-order valence-electron chi connectivity index (χ4n) is 2.07. The largest absolute Gasteiger partial charge is 0.399 e. The van der Waals surface area contributed by atoms with Gasteiger partial charge in [0.05, 0.1) is 36.6 Å². The minimum Gasteiger partial charge on any atom is -0.399 e. The van der Waals surface area contributed by atoms with Gasteiger partial charge in [0.15, 0.2) is 0 Å². The summed E-state index contributed by atoms with van der Waals surface area (Å²) in [5, 5.41) is 12.2. The summed E-state index contributed by atoms with van der Waals surface area (Å²) >= 11 is 5.99. The Bertz CT molecular complexity index is 484. The van der Waals surface area contributed by atoms with E-state index >= 15 is 0 Å². The van der Waals surface area contributed by atoms with E-state index in [1.165, 1.54) is 0 Å². The van der Waals surface area contributed by atoms with Crippen LogP contribution in [0.3, 0.4) is 0 Å². The van der Waals surface area contributed by atoms with Crippen molar-refractivity contribution in [3.05, 3.63) is 23.2 Å². The second-order valence-corrected chi connectivity index (χ2v) is 5.11. The van der Waals surface area contributed by atoms with E-state index in [0.29, 0.717) is 36.1 Å². The molecule has 1 fully saturated rings. The van der Waals surface area contributed by atoms with Crippen LogP contribution in [0.1, 0.15) is 0 Å². The van der Waals surface area contributed by atoms with Crippen LogP contribution in [-0.4, -0.2) is 54.9 Å². The molecular formula is C13H18ClN3O3. The number of nitrogen functional groups attached to an aromatic ring is 1. The Hall–Kier alpha value is -1.34. The molecule has 0 aromatic heterocycles. The van der Waals surface area contributed by atoms with Crippen LogP contribution in [0.4, 0.5) is 11.4 Å². The van der Waals surface area contributed by atoms with Crippen LogP contribution in [-0.2, 0) is 9.53 Å². The fourth-order valence-corrected chi connectivity index (χ4v) is 2.23. The Kier molecular flexibility index (Phi) is 5.19. The number of carbonyl (C=O) groups is 1. The van der Waals surface area contributed by atoms with E-state index in [4.69, 9.17) is 27.2 Å². The van der Waals surface area contributed by atoms with E-state index < -0.39 is 0 Å². The maximum atomic E-state index is 12.0. The molecule has 1 atom stereocenters. The minimum absolute atomic E-state index is 0.0425. The monoisotopic (exact) mass is 299 g/mol. The highest BCUT2D eigenvalue weighted by Gasteiger charge is 2.21. The van der Waals surface area contributed by atoms with Crippen LogP contribution in [0.25, 0.3) is 0 Å². The number of nitrogens with two attached hydrogens (primary N) is 1. The van der Waals surface area contributed by atoms with Crippen LogP contribution < -0.4 is 11.1 Å². The third-order valence-electron chi connectivity index (χ3n) is 3.06. The van der Waals surface area contributed by atoms with Gasteiger partial charge >= 0.3 is 0 Å². The number of rotatable bonds is 4. The van der Waals surface area contributed by atoms with E-state index in [1.54, 1.807) is 18.2 Å². The number of nitrogens with one attached hydrogen (secondary N) is 1. The van der Waals surface area contributed by atoms with Crippen LogP contribution in [0.15, 0.2) is 18.2 Å². The number of hydrogen-bond acceptors (Lipinski definition) is 5. The number of ether oxygens (including phenoxy) is 1. The van der Waals surface area contributed by atoms with Crippen molar-refractivity contribution in [2.75, 3.05) is 43.9 Å². The SMILES string of the molecule is Nc1ccc(Cl)c(NC(=O)CN2CCOC(CO)C2)c1. The third-order valence-corrected chi connectivity index (χ3v) is 3.39. The lowest BCUT2D eigenvalue weighted by molar-refractivity contribution is -0.120. The number of nitrogens with zero attached hydrogens (tertiary/aromatic N) is 1. The summed E-state index contributed by atoms with van der Waals surface area (Å²) < 4.78 is 5.33. The van der Waals surface area contributed by atoms with Gasteiger partial charge in [0, 0.05) is 18.8 Å². The van der Waals surface area contributed by atoms with Gasteiger partial charge in [0.25, 0.3) is 0 Å². The van der Waals surface area contributed by atoms with E-state index in [2.05, 4.69) is 5.32 Å². The number of morpholine rings is 1. The topological polar surface area (TPSA) is 87.8 Å². The molecule has 7 heteroatoms. The molecule has 1 heterocycles. The predicted octanol–water partition coefficient (Wildman–Crippen LogP) is 0.554. The van der Waals surface area contributed by atoms with Crippen LogP contribution >= 0.6 is 11.6 Å². The number of hydrogen-bond donors (Lipinski definition) is 3. The van der Waals surface area contributed by atoms with Gasteiger partial charge in [0.1, 0.15) is 0 Å². The van der Waals surface area contributed by atoms with Crippen molar-refractivity contribution >= 4 is 28.9 Å². The molecule has 0 saturated carbocycles. The summed E-state index contributed by atoms with van der Waals surface area (Å²) in [7, 11) is 0. The lowest BCUT2D eigenvalue weighted by atomic mass is 10.2. The lowest BCUT2D eigenvalue weighted by Gasteiger charge is -2.31. The zero-order valence-electron chi connectivity index (χ0n) is 11.0. The summed E-state index contributed by atoms with van der Waals surface area (Å²) in [5.74, 6) is -0.170. The number of benzene rings is 1. The first-order valence-electron chi connectivity index (χ1n) is 6.38. The highest BCUT2D eigenvalue weighted by Crippen LogP contribution is 2.24. The Morgan fingerprint density at radius 1 is 1.60 bits per heavy atom. The molecule has 1 amide bonds. The van der Waals surface area contributed by atoms with Gasteiger partial charge in [-0.25, -0.2) is 0 Å².